The van der Waals surface area contributed by atoms with Gasteiger partial charge < -0.3 is 5.32 Å². The number of aromatic nitrogens is 2. The number of hydrogen-bond acceptors (Lipinski definition) is 4. The van der Waals surface area contributed by atoms with E-state index in [9.17, 15) is 8.42 Å². The Hall–Kier alpha value is -1.14. The normalized spacial score (nSPS) is 22.8. The van der Waals surface area contributed by atoms with Crippen LogP contribution in [-0.4, -0.2) is 30.0 Å². The minimum Gasteiger partial charge on any atom is -0.303 e. The average Bonchev–Trinajstić information content (AvgIpc) is 2.78. The van der Waals surface area contributed by atoms with Crippen LogP contribution in [0, 0.1) is 13.8 Å². The molecular weight excluding hydrogens is 262 g/mol. The first-order valence-corrected chi connectivity index (χ1v) is 8.26. The summed E-state index contributed by atoms with van der Waals surface area (Å²) < 4.78 is 24.8. The minimum atomic E-state index is -3.01. The second-order valence-electron chi connectivity index (χ2n) is 5.05. The van der Waals surface area contributed by atoms with Gasteiger partial charge in [-0.2, -0.15) is 5.10 Å². The van der Waals surface area contributed by atoms with Gasteiger partial charge in [0, 0.05) is 35.3 Å². The summed E-state index contributed by atoms with van der Waals surface area (Å²) in [4.78, 5) is 0. The van der Waals surface area contributed by atoms with Crippen molar-refractivity contribution < 1.29 is 8.42 Å². The molecule has 0 saturated heterocycles. The van der Waals surface area contributed by atoms with Gasteiger partial charge in [0.1, 0.15) is 0 Å². The molecule has 0 amide bonds. The molecule has 0 aliphatic carbocycles. The molecule has 1 aliphatic rings. The first-order chi connectivity index (χ1) is 8.84. The number of sulfone groups is 1. The van der Waals surface area contributed by atoms with Crippen molar-refractivity contribution in [1.82, 2.24) is 15.1 Å². The van der Waals surface area contributed by atoms with Gasteiger partial charge in [-0.25, -0.2) is 8.42 Å². The van der Waals surface area contributed by atoms with Gasteiger partial charge in [-0.1, -0.05) is 6.08 Å². The second-order valence-corrected chi connectivity index (χ2v) is 6.98. The third kappa shape index (κ3) is 2.90. The molecule has 5 nitrogen and oxygen atoms in total. The number of rotatable bonds is 4. The molecule has 1 aliphatic heterocycles. The number of hydrogen-bond donors (Lipinski definition) is 1. The van der Waals surface area contributed by atoms with Crippen LogP contribution >= 0.6 is 0 Å². The van der Waals surface area contributed by atoms with E-state index in [-0.39, 0.29) is 17.8 Å². The van der Waals surface area contributed by atoms with Crippen LogP contribution in [0.4, 0.5) is 0 Å². The van der Waals surface area contributed by atoms with E-state index < -0.39 is 9.84 Å². The van der Waals surface area contributed by atoms with Crippen molar-refractivity contribution in [2.45, 2.75) is 46.3 Å². The fourth-order valence-electron chi connectivity index (χ4n) is 2.73. The molecule has 2 heterocycles. The Morgan fingerprint density at radius 3 is 2.68 bits per heavy atom. The molecule has 1 N–H and O–H groups in total. The summed E-state index contributed by atoms with van der Waals surface area (Å²) in [5.74, 6) is 0.150. The Kier molecular flexibility index (Phi) is 3.82. The zero-order valence-corrected chi connectivity index (χ0v) is 12.7. The van der Waals surface area contributed by atoms with Crippen molar-refractivity contribution in [2.75, 3.05) is 5.75 Å². The Labute approximate surface area is 114 Å². The van der Waals surface area contributed by atoms with Crippen LogP contribution in [0.25, 0.3) is 0 Å². The lowest BCUT2D eigenvalue weighted by atomic mass is 10.1. The van der Waals surface area contributed by atoms with E-state index in [2.05, 4.69) is 31.2 Å². The highest BCUT2D eigenvalue weighted by molar-refractivity contribution is 7.94. The monoisotopic (exact) mass is 283 g/mol. The predicted molar refractivity (Wildman–Crippen MR) is 75.6 cm³/mol. The largest absolute Gasteiger partial charge is 0.303 e. The number of nitrogens with zero attached hydrogens (tertiary/aromatic N) is 2. The fourth-order valence-corrected chi connectivity index (χ4v) is 3.98. The summed E-state index contributed by atoms with van der Waals surface area (Å²) in [5.41, 5.74) is 3.31. The molecule has 0 radical (unpaired) electrons. The molecule has 0 saturated carbocycles. The molecule has 106 valence electrons. The van der Waals surface area contributed by atoms with Gasteiger partial charge in [0.25, 0.3) is 0 Å². The van der Waals surface area contributed by atoms with Crippen molar-refractivity contribution >= 4 is 9.84 Å². The maximum absolute atomic E-state index is 11.4. The topological polar surface area (TPSA) is 64.0 Å². The Morgan fingerprint density at radius 2 is 2.21 bits per heavy atom. The molecule has 2 unspecified atom stereocenters. The zero-order chi connectivity index (χ0) is 14.2. The summed E-state index contributed by atoms with van der Waals surface area (Å²) in [5, 5.41) is 9.14. The standard InChI is InChI=1S/C13H21N3O2S/c1-5-16-11(4)13(10(3)15-16)9(2)14-12-6-7-19(17,18)8-12/h6-7,9,12,14H,5,8H2,1-4H3. The highest BCUT2D eigenvalue weighted by atomic mass is 32.2. The van der Waals surface area contributed by atoms with Crippen LogP contribution in [0.5, 0.6) is 0 Å². The summed E-state index contributed by atoms with van der Waals surface area (Å²) in [6.45, 7) is 9.01. The van der Waals surface area contributed by atoms with Crippen molar-refractivity contribution in [2.24, 2.45) is 0 Å². The maximum Gasteiger partial charge on any atom is 0.173 e. The molecule has 0 bridgehead atoms. The Morgan fingerprint density at radius 1 is 1.53 bits per heavy atom. The highest BCUT2D eigenvalue weighted by Gasteiger charge is 2.25. The second kappa shape index (κ2) is 5.09. The van der Waals surface area contributed by atoms with Crippen LogP contribution < -0.4 is 5.32 Å². The lowest BCUT2D eigenvalue weighted by Gasteiger charge is -2.18. The minimum absolute atomic E-state index is 0.0863. The molecule has 0 spiro atoms. The highest BCUT2D eigenvalue weighted by Crippen LogP contribution is 2.23. The van der Waals surface area contributed by atoms with Gasteiger partial charge in [-0.3, -0.25) is 4.68 Å². The van der Waals surface area contributed by atoms with E-state index in [1.165, 1.54) is 11.0 Å². The third-order valence-electron chi connectivity index (χ3n) is 3.56. The molecule has 0 aromatic carbocycles. The van der Waals surface area contributed by atoms with Crippen LogP contribution in [-0.2, 0) is 16.4 Å². The van der Waals surface area contributed by atoms with Gasteiger partial charge in [0.15, 0.2) is 9.84 Å². The van der Waals surface area contributed by atoms with Crippen LogP contribution in [0.3, 0.4) is 0 Å². The van der Waals surface area contributed by atoms with E-state index >= 15 is 0 Å². The van der Waals surface area contributed by atoms with E-state index in [4.69, 9.17) is 0 Å². The van der Waals surface area contributed by atoms with Crippen molar-refractivity contribution in [1.29, 1.82) is 0 Å². The van der Waals surface area contributed by atoms with Gasteiger partial charge in [0.2, 0.25) is 0 Å². The zero-order valence-electron chi connectivity index (χ0n) is 11.8. The smallest absolute Gasteiger partial charge is 0.173 e. The van der Waals surface area contributed by atoms with Crippen molar-refractivity contribution in [3.8, 4) is 0 Å². The Bertz CT molecular complexity index is 602. The summed E-state index contributed by atoms with van der Waals surface area (Å²) in [6.07, 6.45) is 1.72. The average molecular weight is 283 g/mol. The molecule has 6 heteroatoms. The van der Waals surface area contributed by atoms with E-state index in [1.807, 2.05) is 11.6 Å². The summed E-state index contributed by atoms with van der Waals surface area (Å²) >= 11 is 0. The van der Waals surface area contributed by atoms with E-state index in [0.717, 1.165) is 17.9 Å². The maximum atomic E-state index is 11.4. The van der Waals surface area contributed by atoms with E-state index in [0.29, 0.717) is 0 Å². The molecule has 0 fully saturated rings. The number of nitrogens with one attached hydrogen (secondary N) is 1. The van der Waals surface area contributed by atoms with Gasteiger partial charge in [-0.15, -0.1) is 0 Å². The van der Waals surface area contributed by atoms with Gasteiger partial charge in [-0.05, 0) is 27.7 Å². The molecular formula is C13H21N3O2S. The number of aryl methyl sites for hydroxylation is 2. The van der Waals surface area contributed by atoms with E-state index in [1.54, 1.807) is 6.08 Å². The summed E-state index contributed by atoms with van der Waals surface area (Å²) in [6, 6.07) is -0.0213. The molecule has 1 aromatic heterocycles. The Balaban J connectivity index is 2.15. The quantitative estimate of drug-likeness (QED) is 0.909. The van der Waals surface area contributed by atoms with Crippen LogP contribution in [0.2, 0.25) is 0 Å². The van der Waals surface area contributed by atoms with Crippen molar-refractivity contribution in [3.05, 3.63) is 28.4 Å². The SMILES string of the molecule is CCn1nc(C)c(C(C)NC2C=CS(=O)(=O)C2)c1C. The van der Waals surface area contributed by atoms with Gasteiger partial charge in [0.05, 0.1) is 11.4 Å². The summed E-state index contributed by atoms with van der Waals surface area (Å²) in [7, 11) is -3.01. The lowest BCUT2D eigenvalue weighted by Crippen LogP contribution is -2.32. The fraction of sp³-hybridized carbons (Fsp3) is 0.615. The first kappa shape index (κ1) is 14.3. The first-order valence-electron chi connectivity index (χ1n) is 6.55. The van der Waals surface area contributed by atoms with Gasteiger partial charge >= 0.3 is 0 Å². The molecule has 1 aromatic rings. The molecule has 2 atom stereocenters. The van der Waals surface area contributed by atoms with Crippen molar-refractivity contribution in [3.63, 3.8) is 0 Å². The molecule has 2 rings (SSSR count). The lowest BCUT2D eigenvalue weighted by molar-refractivity contribution is 0.530. The third-order valence-corrected chi connectivity index (χ3v) is 4.96. The van der Waals surface area contributed by atoms with Crippen LogP contribution in [0.15, 0.2) is 11.5 Å². The molecule has 19 heavy (non-hydrogen) atoms. The van der Waals surface area contributed by atoms with Crippen LogP contribution in [0.1, 0.15) is 36.8 Å². The predicted octanol–water partition coefficient (Wildman–Crippen LogP) is 1.48.